The molecule has 25 heavy (non-hydrogen) atoms. The molecule has 0 amide bonds. The molecule has 2 N–H and O–H groups in total. The van der Waals surface area contributed by atoms with Crippen LogP contribution < -0.4 is 16.6 Å². The van der Waals surface area contributed by atoms with E-state index in [1.807, 2.05) is 34.9 Å². The van der Waals surface area contributed by atoms with Crippen LogP contribution in [0.3, 0.4) is 0 Å². The van der Waals surface area contributed by atoms with Crippen molar-refractivity contribution in [3.63, 3.8) is 0 Å². The van der Waals surface area contributed by atoms with Gasteiger partial charge in [0.2, 0.25) is 5.95 Å². The summed E-state index contributed by atoms with van der Waals surface area (Å²) >= 11 is 0. The minimum absolute atomic E-state index is 0.394. The van der Waals surface area contributed by atoms with Crippen LogP contribution in [0.1, 0.15) is 31.7 Å². The van der Waals surface area contributed by atoms with E-state index in [1.54, 1.807) is 7.05 Å². The van der Waals surface area contributed by atoms with Crippen molar-refractivity contribution in [3.05, 3.63) is 56.7 Å². The zero-order chi connectivity index (χ0) is 17.8. The Bertz CT molecular complexity index is 969. The largest absolute Gasteiger partial charge is 0.352 e. The van der Waals surface area contributed by atoms with E-state index >= 15 is 0 Å². The highest BCUT2D eigenvalue weighted by Gasteiger charge is 2.16. The average molecular weight is 341 g/mol. The van der Waals surface area contributed by atoms with E-state index < -0.39 is 11.2 Å². The molecule has 132 valence electrons. The molecule has 7 heteroatoms. The number of imidazole rings is 1. The van der Waals surface area contributed by atoms with Crippen LogP contribution in [0.15, 0.2) is 39.9 Å². The zero-order valence-electron chi connectivity index (χ0n) is 14.6. The van der Waals surface area contributed by atoms with Gasteiger partial charge in [-0.3, -0.25) is 14.3 Å². The topological polar surface area (TPSA) is 84.7 Å². The second-order valence-electron chi connectivity index (χ2n) is 6.12. The van der Waals surface area contributed by atoms with Gasteiger partial charge in [0.05, 0.1) is 0 Å². The van der Waals surface area contributed by atoms with E-state index in [4.69, 9.17) is 0 Å². The van der Waals surface area contributed by atoms with Gasteiger partial charge in [0, 0.05) is 20.1 Å². The van der Waals surface area contributed by atoms with Gasteiger partial charge in [0.1, 0.15) is 0 Å². The van der Waals surface area contributed by atoms with Crippen LogP contribution >= 0.6 is 0 Å². The number of H-pyrrole nitrogens is 1. The first-order valence-corrected chi connectivity index (χ1v) is 8.59. The number of nitrogens with one attached hydrogen (secondary N) is 2. The molecule has 3 aromatic rings. The summed E-state index contributed by atoms with van der Waals surface area (Å²) in [6.07, 6.45) is 3.11. The van der Waals surface area contributed by atoms with Crippen LogP contribution in [-0.2, 0) is 20.1 Å². The van der Waals surface area contributed by atoms with Gasteiger partial charge in [-0.1, -0.05) is 50.1 Å². The lowest BCUT2D eigenvalue weighted by Gasteiger charge is -2.10. The van der Waals surface area contributed by atoms with E-state index in [0.717, 1.165) is 24.8 Å². The summed E-state index contributed by atoms with van der Waals surface area (Å²) in [5.74, 6) is 0.613. The Hall–Kier alpha value is -2.83. The number of rotatable bonds is 7. The standard InChI is InChI=1S/C18H23N5O2/c1-3-4-8-11-23-14-15(22(2)18(25)21-16(14)24)20-17(23)19-12-13-9-6-5-7-10-13/h5-7,9-10H,3-4,8,11-12H2,1-2H3,(H,19,20)(H,21,24,25). The van der Waals surface area contributed by atoms with E-state index in [1.165, 1.54) is 4.57 Å². The van der Waals surface area contributed by atoms with Crippen molar-refractivity contribution in [2.45, 2.75) is 39.3 Å². The van der Waals surface area contributed by atoms with Gasteiger partial charge in [-0.2, -0.15) is 4.98 Å². The van der Waals surface area contributed by atoms with Gasteiger partial charge < -0.3 is 9.88 Å². The van der Waals surface area contributed by atoms with Gasteiger partial charge in [-0.25, -0.2) is 4.79 Å². The van der Waals surface area contributed by atoms with Crippen LogP contribution in [0.5, 0.6) is 0 Å². The van der Waals surface area contributed by atoms with Crippen LogP contribution in [0.4, 0.5) is 5.95 Å². The van der Waals surface area contributed by atoms with Gasteiger partial charge in [0.15, 0.2) is 11.2 Å². The maximum atomic E-state index is 12.3. The number of fused-ring (bicyclic) bond motifs is 1. The number of nitrogens with zero attached hydrogens (tertiary/aromatic N) is 3. The Morgan fingerprint density at radius 1 is 1.16 bits per heavy atom. The summed E-state index contributed by atoms with van der Waals surface area (Å²) in [4.78, 5) is 31.1. The number of unbranched alkanes of at least 4 members (excludes halogenated alkanes) is 2. The molecule has 2 heterocycles. The molecule has 0 aliphatic carbocycles. The third-order valence-electron chi connectivity index (χ3n) is 4.29. The van der Waals surface area contributed by atoms with Crippen LogP contribution in [0.2, 0.25) is 0 Å². The molecular formula is C18H23N5O2. The summed E-state index contributed by atoms with van der Waals surface area (Å²) in [6.45, 7) is 3.42. The molecule has 0 aliphatic heterocycles. The number of hydrogen-bond donors (Lipinski definition) is 2. The maximum absolute atomic E-state index is 12.3. The first kappa shape index (κ1) is 17.0. The van der Waals surface area contributed by atoms with Crippen LogP contribution in [-0.4, -0.2) is 19.1 Å². The highest BCUT2D eigenvalue weighted by molar-refractivity contribution is 5.74. The lowest BCUT2D eigenvalue weighted by Crippen LogP contribution is -2.29. The molecule has 0 fully saturated rings. The Labute approximate surface area is 145 Å². The van der Waals surface area contributed by atoms with Crippen molar-refractivity contribution < 1.29 is 0 Å². The molecule has 0 saturated heterocycles. The van der Waals surface area contributed by atoms with Crippen molar-refractivity contribution in [2.75, 3.05) is 5.32 Å². The predicted octanol–water partition coefficient (Wildman–Crippen LogP) is 2.23. The summed E-state index contributed by atoms with van der Waals surface area (Å²) in [5.41, 5.74) is 1.12. The summed E-state index contributed by atoms with van der Waals surface area (Å²) < 4.78 is 3.26. The van der Waals surface area contributed by atoms with E-state index in [2.05, 4.69) is 22.2 Å². The summed E-state index contributed by atoms with van der Waals surface area (Å²) in [7, 11) is 1.62. The minimum atomic E-state index is -0.453. The molecule has 0 atom stereocenters. The third-order valence-corrected chi connectivity index (χ3v) is 4.29. The Morgan fingerprint density at radius 3 is 2.64 bits per heavy atom. The molecule has 0 aliphatic rings. The van der Waals surface area contributed by atoms with Crippen LogP contribution in [0.25, 0.3) is 11.2 Å². The average Bonchev–Trinajstić information content (AvgIpc) is 2.98. The number of aromatic nitrogens is 4. The molecule has 2 aromatic heterocycles. The number of aromatic amines is 1. The number of aryl methyl sites for hydroxylation is 2. The molecule has 7 nitrogen and oxygen atoms in total. The summed E-state index contributed by atoms with van der Waals surface area (Å²) in [6, 6.07) is 9.99. The molecule has 3 rings (SSSR count). The molecule has 0 radical (unpaired) electrons. The molecule has 1 aromatic carbocycles. The lowest BCUT2D eigenvalue weighted by molar-refractivity contribution is 0.614. The monoisotopic (exact) mass is 341 g/mol. The van der Waals surface area contributed by atoms with Gasteiger partial charge in [0.25, 0.3) is 5.56 Å². The van der Waals surface area contributed by atoms with Crippen molar-refractivity contribution in [3.8, 4) is 0 Å². The van der Waals surface area contributed by atoms with Gasteiger partial charge in [-0.15, -0.1) is 0 Å². The van der Waals surface area contributed by atoms with Gasteiger partial charge in [-0.05, 0) is 12.0 Å². The highest BCUT2D eigenvalue weighted by Crippen LogP contribution is 2.17. The fourth-order valence-electron chi connectivity index (χ4n) is 2.88. The van der Waals surface area contributed by atoms with Crippen molar-refractivity contribution >= 4 is 17.1 Å². The van der Waals surface area contributed by atoms with E-state index in [0.29, 0.717) is 30.2 Å². The first-order chi connectivity index (χ1) is 12.1. The van der Waals surface area contributed by atoms with E-state index in [-0.39, 0.29) is 0 Å². The number of anilines is 1. The Balaban J connectivity index is 2.01. The number of benzene rings is 1. The van der Waals surface area contributed by atoms with Crippen molar-refractivity contribution in [2.24, 2.45) is 7.05 Å². The fraction of sp³-hybridized carbons (Fsp3) is 0.389. The molecule has 0 unspecified atom stereocenters. The smallest absolute Gasteiger partial charge is 0.329 e. The van der Waals surface area contributed by atoms with E-state index in [9.17, 15) is 9.59 Å². The third kappa shape index (κ3) is 3.50. The normalized spacial score (nSPS) is 11.1. The van der Waals surface area contributed by atoms with Crippen molar-refractivity contribution in [1.82, 2.24) is 19.1 Å². The Kier molecular flexibility index (Phi) is 5.02. The first-order valence-electron chi connectivity index (χ1n) is 8.59. The SMILES string of the molecule is CCCCCn1c(NCc2ccccc2)nc2c1c(=O)[nH]c(=O)n2C. The second-order valence-corrected chi connectivity index (χ2v) is 6.12. The highest BCUT2D eigenvalue weighted by atomic mass is 16.2. The lowest BCUT2D eigenvalue weighted by atomic mass is 10.2. The van der Waals surface area contributed by atoms with Crippen molar-refractivity contribution in [1.29, 1.82) is 0 Å². The zero-order valence-corrected chi connectivity index (χ0v) is 14.6. The minimum Gasteiger partial charge on any atom is -0.352 e. The maximum Gasteiger partial charge on any atom is 0.329 e. The molecule has 0 saturated carbocycles. The molecule has 0 spiro atoms. The second kappa shape index (κ2) is 7.38. The van der Waals surface area contributed by atoms with Gasteiger partial charge >= 0.3 is 5.69 Å². The predicted molar refractivity (Wildman–Crippen MR) is 98.9 cm³/mol. The molecular weight excluding hydrogens is 318 g/mol. The summed E-state index contributed by atoms with van der Waals surface area (Å²) in [5, 5.41) is 3.30. The molecule has 0 bridgehead atoms. The quantitative estimate of drug-likeness (QED) is 0.645. The number of hydrogen-bond acceptors (Lipinski definition) is 4. The van der Waals surface area contributed by atoms with Crippen LogP contribution in [0, 0.1) is 0 Å². The fourth-order valence-corrected chi connectivity index (χ4v) is 2.88. The Morgan fingerprint density at radius 2 is 1.92 bits per heavy atom.